The van der Waals surface area contributed by atoms with Gasteiger partial charge in [-0.25, -0.2) is 4.79 Å². The molecule has 1 atom stereocenters. The van der Waals surface area contributed by atoms with Crippen LogP contribution in [-0.4, -0.2) is 35.2 Å². The van der Waals surface area contributed by atoms with Crippen molar-refractivity contribution in [2.45, 2.75) is 19.8 Å². The smallest absolute Gasteiger partial charge is 0.314 e. The van der Waals surface area contributed by atoms with Gasteiger partial charge in [-0.05, 0) is 24.5 Å². The third-order valence-electron chi connectivity index (χ3n) is 2.71. The molecule has 1 unspecified atom stereocenters. The molecule has 0 fully saturated rings. The van der Waals surface area contributed by atoms with Gasteiger partial charge in [0.1, 0.15) is 0 Å². The Hall–Kier alpha value is -2.11. The summed E-state index contributed by atoms with van der Waals surface area (Å²) < 4.78 is 0. The van der Waals surface area contributed by atoms with Gasteiger partial charge < -0.3 is 15.7 Å². The largest absolute Gasteiger partial charge is 0.481 e. The number of hydrogen-bond acceptors (Lipinski definition) is 3. The standard InChI is InChI=1S/C13H19N3O3/c1-10(12(17)18)4-7-15-13(19)16-8-5-11-3-2-6-14-9-11/h2-3,6,9-10H,4-5,7-8H2,1H3,(H,17,18)(H2,15,16,19). The molecule has 6 nitrogen and oxygen atoms in total. The fraction of sp³-hybridized carbons (Fsp3) is 0.462. The van der Waals surface area contributed by atoms with Gasteiger partial charge in [-0.3, -0.25) is 9.78 Å². The lowest BCUT2D eigenvalue weighted by Crippen LogP contribution is -2.37. The van der Waals surface area contributed by atoms with E-state index < -0.39 is 11.9 Å². The number of hydrogen-bond donors (Lipinski definition) is 3. The van der Waals surface area contributed by atoms with Crippen LogP contribution in [0.2, 0.25) is 0 Å². The van der Waals surface area contributed by atoms with Gasteiger partial charge in [0.2, 0.25) is 0 Å². The van der Waals surface area contributed by atoms with Crippen LogP contribution in [0.5, 0.6) is 0 Å². The summed E-state index contributed by atoms with van der Waals surface area (Å²) in [5.41, 5.74) is 1.06. The SMILES string of the molecule is CC(CCNC(=O)NCCc1cccnc1)C(=O)O. The second-order valence-electron chi connectivity index (χ2n) is 4.32. The van der Waals surface area contributed by atoms with E-state index in [1.807, 2.05) is 12.1 Å². The van der Waals surface area contributed by atoms with Gasteiger partial charge in [0, 0.05) is 25.5 Å². The molecule has 0 aliphatic heterocycles. The highest BCUT2D eigenvalue weighted by atomic mass is 16.4. The molecule has 0 aliphatic carbocycles. The summed E-state index contributed by atoms with van der Waals surface area (Å²) in [4.78, 5) is 26.0. The molecule has 1 rings (SSSR count). The number of rotatable bonds is 7. The van der Waals surface area contributed by atoms with E-state index in [2.05, 4.69) is 15.6 Å². The summed E-state index contributed by atoms with van der Waals surface area (Å²) in [5, 5.41) is 14.0. The van der Waals surface area contributed by atoms with Crippen LogP contribution in [0, 0.1) is 5.92 Å². The predicted molar refractivity (Wildman–Crippen MR) is 70.8 cm³/mol. The molecule has 0 saturated heterocycles. The van der Waals surface area contributed by atoms with E-state index in [1.54, 1.807) is 19.3 Å². The number of nitrogens with zero attached hydrogens (tertiary/aromatic N) is 1. The molecule has 6 heteroatoms. The normalized spacial score (nSPS) is 11.6. The molecule has 0 radical (unpaired) electrons. The average molecular weight is 265 g/mol. The summed E-state index contributed by atoms with van der Waals surface area (Å²) in [6.45, 7) is 2.49. The molecule has 0 aliphatic rings. The maximum atomic E-state index is 11.4. The molecule has 1 aromatic rings. The Labute approximate surface area is 112 Å². The Morgan fingerprint density at radius 3 is 2.74 bits per heavy atom. The van der Waals surface area contributed by atoms with Gasteiger partial charge in [-0.2, -0.15) is 0 Å². The van der Waals surface area contributed by atoms with Gasteiger partial charge in [0.15, 0.2) is 0 Å². The highest BCUT2D eigenvalue weighted by Crippen LogP contribution is 1.99. The number of carboxylic acid groups (broad SMARTS) is 1. The predicted octanol–water partition coefficient (Wildman–Crippen LogP) is 1.03. The molecule has 1 aromatic heterocycles. The highest BCUT2D eigenvalue weighted by Gasteiger charge is 2.10. The van der Waals surface area contributed by atoms with Gasteiger partial charge in [0.05, 0.1) is 5.92 Å². The van der Waals surface area contributed by atoms with E-state index in [-0.39, 0.29) is 6.03 Å². The van der Waals surface area contributed by atoms with E-state index in [0.717, 1.165) is 5.56 Å². The van der Waals surface area contributed by atoms with Gasteiger partial charge in [-0.15, -0.1) is 0 Å². The number of aliphatic carboxylic acids is 1. The zero-order valence-corrected chi connectivity index (χ0v) is 10.9. The third-order valence-corrected chi connectivity index (χ3v) is 2.71. The molecule has 0 aromatic carbocycles. The van der Waals surface area contributed by atoms with Crippen molar-refractivity contribution in [2.24, 2.45) is 5.92 Å². The number of nitrogens with one attached hydrogen (secondary N) is 2. The van der Waals surface area contributed by atoms with E-state index in [9.17, 15) is 9.59 Å². The summed E-state index contributed by atoms with van der Waals surface area (Å²) >= 11 is 0. The summed E-state index contributed by atoms with van der Waals surface area (Å²) in [7, 11) is 0. The average Bonchev–Trinajstić information content (AvgIpc) is 2.39. The number of carboxylic acids is 1. The van der Waals surface area contributed by atoms with Crippen molar-refractivity contribution >= 4 is 12.0 Å². The van der Waals surface area contributed by atoms with Crippen molar-refractivity contribution in [2.75, 3.05) is 13.1 Å². The van der Waals surface area contributed by atoms with Crippen LogP contribution in [0.15, 0.2) is 24.5 Å². The zero-order valence-electron chi connectivity index (χ0n) is 10.9. The molecule has 19 heavy (non-hydrogen) atoms. The number of urea groups is 1. The van der Waals surface area contributed by atoms with Crippen LogP contribution in [0.1, 0.15) is 18.9 Å². The van der Waals surface area contributed by atoms with Crippen molar-refractivity contribution in [3.63, 3.8) is 0 Å². The highest BCUT2D eigenvalue weighted by molar-refractivity contribution is 5.74. The molecular weight excluding hydrogens is 246 g/mol. The molecule has 3 N–H and O–H groups in total. The van der Waals surface area contributed by atoms with Crippen molar-refractivity contribution in [1.82, 2.24) is 15.6 Å². The first-order valence-electron chi connectivity index (χ1n) is 6.23. The Morgan fingerprint density at radius 2 is 2.11 bits per heavy atom. The van der Waals surface area contributed by atoms with Gasteiger partial charge in [0.25, 0.3) is 0 Å². The Balaban J connectivity index is 2.10. The van der Waals surface area contributed by atoms with Crippen molar-refractivity contribution in [3.05, 3.63) is 30.1 Å². The van der Waals surface area contributed by atoms with Crippen LogP contribution in [0.4, 0.5) is 4.79 Å². The van der Waals surface area contributed by atoms with E-state index in [0.29, 0.717) is 25.9 Å². The van der Waals surface area contributed by atoms with Gasteiger partial charge in [-0.1, -0.05) is 13.0 Å². The quantitative estimate of drug-likeness (QED) is 0.686. The minimum atomic E-state index is -0.848. The maximum Gasteiger partial charge on any atom is 0.314 e. The van der Waals surface area contributed by atoms with Crippen LogP contribution in [-0.2, 0) is 11.2 Å². The topological polar surface area (TPSA) is 91.3 Å². The van der Waals surface area contributed by atoms with Crippen molar-refractivity contribution < 1.29 is 14.7 Å². The maximum absolute atomic E-state index is 11.4. The second-order valence-corrected chi connectivity index (χ2v) is 4.32. The third kappa shape index (κ3) is 6.40. The van der Waals surface area contributed by atoms with E-state index >= 15 is 0 Å². The fourth-order valence-electron chi connectivity index (χ4n) is 1.45. The van der Waals surface area contributed by atoms with E-state index in [1.165, 1.54) is 0 Å². The summed E-state index contributed by atoms with van der Waals surface area (Å²) in [6, 6.07) is 3.52. The minimum Gasteiger partial charge on any atom is -0.481 e. The number of carbonyl (C=O) groups excluding carboxylic acids is 1. The van der Waals surface area contributed by atoms with Crippen LogP contribution in [0.3, 0.4) is 0 Å². The molecule has 0 spiro atoms. The number of pyridine rings is 1. The number of aromatic nitrogens is 1. The van der Waals surface area contributed by atoms with E-state index in [4.69, 9.17) is 5.11 Å². The molecule has 0 bridgehead atoms. The lowest BCUT2D eigenvalue weighted by molar-refractivity contribution is -0.141. The van der Waals surface area contributed by atoms with Crippen LogP contribution >= 0.6 is 0 Å². The molecular formula is C13H19N3O3. The molecule has 104 valence electrons. The Bertz CT molecular complexity index is 409. The number of amides is 2. The van der Waals surface area contributed by atoms with Gasteiger partial charge >= 0.3 is 12.0 Å². The first kappa shape index (κ1) is 14.9. The Kier molecular flexibility index (Phi) is 6.35. The Morgan fingerprint density at radius 1 is 1.37 bits per heavy atom. The molecule has 0 saturated carbocycles. The zero-order chi connectivity index (χ0) is 14.1. The second kappa shape index (κ2) is 8.07. The fourth-order valence-corrected chi connectivity index (χ4v) is 1.45. The minimum absolute atomic E-state index is 0.276. The number of carbonyl (C=O) groups is 2. The summed E-state index contributed by atoms with van der Waals surface area (Å²) in [5.74, 6) is -1.30. The molecule has 1 heterocycles. The molecule has 2 amide bonds. The monoisotopic (exact) mass is 265 g/mol. The lowest BCUT2D eigenvalue weighted by Gasteiger charge is -2.09. The van der Waals surface area contributed by atoms with Crippen LogP contribution < -0.4 is 10.6 Å². The van der Waals surface area contributed by atoms with Crippen molar-refractivity contribution in [1.29, 1.82) is 0 Å². The first-order valence-corrected chi connectivity index (χ1v) is 6.23. The lowest BCUT2D eigenvalue weighted by atomic mass is 10.1. The first-order chi connectivity index (χ1) is 9.09. The summed E-state index contributed by atoms with van der Waals surface area (Å²) in [6.07, 6.45) is 4.60. The van der Waals surface area contributed by atoms with Crippen LogP contribution in [0.25, 0.3) is 0 Å². The van der Waals surface area contributed by atoms with Crippen molar-refractivity contribution in [3.8, 4) is 0 Å².